The second-order valence-corrected chi connectivity index (χ2v) is 5.15. The number of hydrogen-bond acceptors (Lipinski definition) is 2. The Morgan fingerprint density at radius 3 is 2.21 bits per heavy atom. The van der Waals surface area contributed by atoms with Crippen molar-refractivity contribution in [2.24, 2.45) is 0 Å². The van der Waals surface area contributed by atoms with Crippen LogP contribution in [0.5, 0.6) is 5.75 Å². The van der Waals surface area contributed by atoms with Crippen LogP contribution in [0.2, 0.25) is 0 Å². The number of anilines is 1. The maximum atomic E-state index is 5.71. The normalized spacial score (nSPS) is 10.7. The van der Waals surface area contributed by atoms with Crippen molar-refractivity contribution >= 4 is 5.69 Å². The number of methoxy groups -OCH3 is 1. The van der Waals surface area contributed by atoms with Gasteiger partial charge in [-0.2, -0.15) is 0 Å². The fourth-order valence-electron chi connectivity index (χ4n) is 2.22. The molecule has 2 heteroatoms. The minimum Gasteiger partial charge on any atom is -0.496 e. The molecule has 0 aromatic heterocycles. The molecule has 2 nitrogen and oxygen atoms in total. The molecule has 0 aliphatic rings. The zero-order valence-electron chi connectivity index (χ0n) is 11.8. The lowest BCUT2D eigenvalue weighted by Crippen LogP contribution is -1.97. The average Bonchev–Trinajstić information content (AvgIpc) is 2.41. The van der Waals surface area contributed by atoms with E-state index in [9.17, 15) is 0 Å². The fourth-order valence-corrected chi connectivity index (χ4v) is 2.22. The quantitative estimate of drug-likeness (QED) is 0.838. The topological polar surface area (TPSA) is 35.2 Å². The third-order valence-corrected chi connectivity index (χ3v) is 3.30. The Morgan fingerprint density at radius 2 is 1.63 bits per heavy atom. The number of ether oxygens (including phenoxy) is 1. The van der Waals surface area contributed by atoms with Gasteiger partial charge in [0.2, 0.25) is 0 Å². The molecule has 0 unspecified atom stereocenters. The molecule has 0 saturated heterocycles. The van der Waals surface area contributed by atoms with Gasteiger partial charge >= 0.3 is 0 Å². The lowest BCUT2D eigenvalue weighted by molar-refractivity contribution is 0.407. The highest BCUT2D eigenvalue weighted by Crippen LogP contribution is 2.28. The van der Waals surface area contributed by atoms with E-state index in [1.807, 2.05) is 12.1 Å². The number of nitrogens with two attached hydrogens (primary N) is 1. The Hall–Kier alpha value is -1.96. The van der Waals surface area contributed by atoms with E-state index in [0.717, 1.165) is 17.9 Å². The van der Waals surface area contributed by atoms with Crippen LogP contribution in [0.4, 0.5) is 5.69 Å². The number of rotatable bonds is 4. The van der Waals surface area contributed by atoms with Gasteiger partial charge < -0.3 is 10.5 Å². The van der Waals surface area contributed by atoms with Crippen molar-refractivity contribution in [2.75, 3.05) is 12.8 Å². The predicted octanol–water partition coefficient (Wildman–Crippen LogP) is 3.99. The van der Waals surface area contributed by atoms with Crippen LogP contribution in [0.15, 0.2) is 42.5 Å². The number of nitrogen functional groups attached to an aromatic ring is 1. The molecule has 2 rings (SSSR count). The van der Waals surface area contributed by atoms with E-state index in [4.69, 9.17) is 10.5 Å². The molecule has 0 fully saturated rings. The minimum atomic E-state index is 0.460. The first-order chi connectivity index (χ1) is 9.10. The number of benzene rings is 2. The molecule has 0 saturated carbocycles. The molecule has 0 bridgehead atoms. The van der Waals surface area contributed by atoms with E-state index in [1.165, 1.54) is 16.7 Å². The monoisotopic (exact) mass is 255 g/mol. The predicted molar refractivity (Wildman–Crippen MR) is 80.7 cm³/mol. The summed E-state index contributed by atoms with van der Waals surface area (Å²) in [5, 5.41) is 0. The first-order valence-corrected chi connectivity index (χ1v) is 6.61. The standard InChI is InChI=1S/C17H21NO/c1-12(2)16-11-14(6-9-17(16)19-3)10-13-4-7-15(18)8-5-13/h4-9,11-12H,10,18H2,1-3H3. The second kappa shape index (κ2) is 5.79. The Morgan fingerprint density at radius 1 is 1.00 bits per heavy atom. The zero-order valence-corrected chi connectivity index (χ0v) is 11.8. The fraction of sp³-hybridized carbons (Fsp3) is 0.294. The van der Waals surface area contributed by atoms with Gasteiger partial charge in [-0.15, -0.1) is 0 Å². The summed E-state index contributed by atoms with van der Waals surface area (Å²) < 4.78 is 5.41. The van der Waals surface area contributed by atoms with Crippen LogP contribution in [-0.2, 0) is 6.42 Å². The van der Waals surface area contributed by atoms with E-state index < -0.39 is 0 Å². The van der Waals surface area contributed by atoms with Gasteiger partial charge in [-0.1, -0.05) is 38.1 Å². The summed E-state index contributed by atoms with van der Waals surface area (Å²) in [5.41, 5.74) is 10.3. The van der Waals surface area contributed by atoms with Crippen molar-refractivity contribution in [1.82, 2.24) is 0 Å². The molecule has 2 N–H and O–H groups in total. The Bertz CT molecular complexity index is 544. The smallest absolute Gasteiger partial charge is 0.122 e. The van der Waals surface area contributed by atoms with Crippen LogP contribution in [0.3, 0.4) is 0 Å². The van der Waals surface area contributed by atoms with Gasteiger partial charge in [0, 0.05) is 5.69 Å². The Kier molecular flexibility index (Phi) is 4.10. The molecular formula is C17H21NO. The lowest BCUT2D eigenvalue weighted by Gasteiger charge is -2.13. The largest absolute Gasteiger partial charge is 0.496 e. The highest BCUT2D eigenvalue weighted by atomic mass is 16.5. The maximum Gasteiger partial charge on any atom is 0.122 e. The van der Waals surface area contributed by atoms with E-state index in [0.29, 0.717) is 5.92 Å². The van der Waals surface area contributed by atoms with Crippen molar-refractivity contribution in [3.8, 4) is 5.75 Å². The second-order valence-electron chi connectivity index (χ2n) is 5.15. The molecule has 2 aromatic carbocycles. The van der Waals surface area contributed by atoms with Crippen LogP contribution >= 0.6 is 0 Å². The van der Waals surface area contributed by atoms with Crippen LogP contribution in [0.1, 0.15) is 36.5 Å². The molecule has 0 heterocycles. The summed E-state index contributed by atoms with van der Waals surface area (Å²) in [6, 6.07) is 14.5. The Labute approximate surface area is 115 Å². The SMILES string of the molecule is COc1ccc(Cc2ccc(N)cc2)cc1C(C)C. The van der Waals surface area contributed by atoms with Gasteiger partial charge in [0.25, 0.3) is 0 Å². The average molecular weight is 255 g/mol. The van der Waals surface area contributed by atoms with E-state index in [1.54, 1.807) is 7.11 Å². The molecule has 0 atom stereocenters. The summed E-state index contributed by atoms with van der Waals surface area (Å²) in [4.78, 5) is 0. The van der Waals surface area contributed by atoms with Crippen molar-refractivity contribution < 1.29 is 4.74 Å². The molecule has 0 aliphatic heterocycles. The molecule has 0 spiro atoms. The third kappa shape index (κ3) is 3.28. The van der Waals surface area contributed by atoms with E-state index >= 15 is 0 Å². The van der Waals surface area contributed by atoms with E-state index in [-0.39, 0.29) is 0 Å². The van der Waals surface area contributed by atoms with E-state index in [2.05, 4.69) is 44.2 Å². The third-order valence-electron chi connectivity index (χ3n) is 3.30. The summed E-state index contributed by atoms with van der Waals surface area (Å²) in [6.07, 6.45) is 0.921. The van der Waals surface area contributed by atoms with Crippen molar-refractivity contribution in [2.45, 2.75) is 26.2 Å². The first kappa shape index (κ1) is 13.5. The number of hydrogen-bond donors (Lipinski definition) is 1. The molecular weight excluding hydrogens is 234 g/mol. The highest BCUT2D eigenvalue weighted by molar-refractivity contribution is 5.43. The summed E-state index contributed by atoms with van der Waals surface area (Å²) >= 11 is 0. The first-order valence-electron chi connectivity index (χ1n) is 6.61. The molecule has 100 valence electrons. The molecule has 2 aromatic rings. The van der Waals surface area contributed by atoms with Crippen molar-refractivity contribution in [1.29, 1.82) is 0 Å². The van der Waals surface area contributed by atoms with Crippen LogP contribution in [0, 0.1) is 0 Å². The molecule has 0 radical (unpaired) electrons. The molecule has 19 heavy (non-hydrogen) atoms. The van der Waals surface area contributed by atoms with Gasteiger partial charge in [0.15, 0.2) is 0 Å². The van der Waals surface area contributed by atoms with Crippen LogP contribution in [0.25, 0.3) is 0 Å². The lowest BCUT2D eigenvalue weighted by atomic mass is 9.96. The van der Waals surface area contributed by atoms with Gasteiger partial charge in [0.05, 0.1) is 7.11 Å². The summed E-state index contributed by atoms with van der Waals surface area (Å²) in [6.45, 7) is 4.37. The van der Waals surface area contributed by atoms with Gasteiger partial charge in [0.1, 0.15) is 5.75 Å². The minimum absolute atomic E-state index is 0.460. The van der Waals surface area contributed by atoms with Crippen LogP contribution < -0.4 is 10.5 Å². The highest BCUT2D eigenvalue weighted by Gasteiger charge is 2.08. The van der Waals surface area contributed by atoms with Crippen LogP contribution in [-0.4, -0.2) is 7.11 Å². The van der Waals surface area contributed by atoms with Crippen molar-refractivity contribution in [3.05, 3.63) is 59.2 Å². The zero-order chi connectivity index (χ0) is 13.8. The van der Waals surface area contributed by atoms with Gasteiger partial charge in [-0.25, -0.2) is 0 Å². The van der Waals surface area contributed by atoms with Crippen molar-refractivity contribution in [3.63, 3.8) is 0 Å². The molecule has 0 aliphatic carbocycles. The summed E-state index contributed by atoms with van der Waals surface area (Å²) in [7, 11) is 1.72. The summed E-state index contributed by atoms with van der Waals surface area (Å²) in [5.74, 6) is 1.43. The Balaban J connectivity index is 2.25. The van der Waals surface area contributed by atoms with Gasteiger partial charge in [-0.05, 0) is 47.2 Å². The van der Waals surface area contributed by atoms with Gasteiger partial charge in [-0.3, -0.25) is 0 Å². The molecule has 0 amide bonds. The maximum absolute atomic E-state index is 5.71.